The molecule has 7 heteroatoms. The SMILES string of the molecule is C=CC(=O)N1C(C)C[C@@H](c2cc(/C=C(\N)c3ccccc3O)c(N)[nH]2)CC1S. The Bertz CT molecular complexity index is 909. The van der Waals surface area contributed by atoms with E-state index in [2.05, 4.69) is 24.2 Å². The normalized spacial score (nSPS) is 22.9. The quantitative estimate of drug-likeness (QED) is 0.402. The van der Waals surface area contributed by atoms with Crippen LogP contribution in [-0.4, -0.2) is 32.3 Å². The zero-order chi connectivity index (χ0) is 20.4. The summed E-state index contributed by atoms with van der Waals surface area (Å²) in [6.07, 6.45) is 4.60. The second-order valence-corrected chi connectivity index (χ2v) is 7.75. The number of aromatic hydroxyl groups is 1. The number of para-hydroxylation sites is 1. The van der Waals surface area contributed by atoms with Crippen LogP contribution in [0.25, 0.3) is 11.8 Å². The van der Waals surface area contributed by atoms with Crippen LogP contribution in [0.3, 0.4) is 0 Å². The largest absolute Gasteiger partial charge is 0.507 e. The molecule has 0 saturated carbocycles. The Hall–Kier alpha value is -2.80. The molecule has 3 atom stereocenters. The molecule has 0 radical (unpaired) electrons. The number of carbonyl (C=O) groups is 1. The number of aromatic amines is 1. The minimum Gasteiger partial charge on any atom is -0.507 e. The number of anilines is 1. The number of nitrogens with one attached hydrogen (secondary N) is 1. The highest BCUT2D eigenvalue weighted by molar-refractivity contribution is 7.80. The molecule has 0 bridgehead atoms. The molecule has 3 rings (SSSR count). The van der Waals surface area contributed by atoms with Crippen LogP contribution in [0.2, 0.25) is 0 Å². The molecule has 1 fully saturated rings. The Morgan fingerprint density at radius 3 is 2.75 bits per heavy atom. The van der Waals surface area contributed by atoms with E-state index in [1.54, 1.807) is 29.2 Å². The number of amides is 1. The van der Waals surface area contributed by atoms with Crippen molar-refractivity contribution in [2.75, 3.05) is 5.73 Å². The summed E-state index contributed by atoms with van der Waals surface area (Å²) in [5.41, 5.74) is 15.1. The summed E-state index contributed by atoms with van der Waals surface area (Å²) in [5.74, 6) is 0.732. The molecular formula is C21H26N4O2S. The predicted molar refractivity (Wildman–Crippen MR) is 117 cm³/mol. The fourth-order valence-corrected chi connectivity index (χ4v) is 4.41. The molecule has 2 unspecified atom stereocenters. The molecule has 148 valence electrons. The average Bonchev–Trinajstić information content (AvgIpc) is 3.01. The van der Waals surface area contributed by atoms with Crippen molar-refractivity contribution in [2.45, 2.75) is 37.1 Å². The second-order valence-electron chi connectivity index (χ2n) is 7.16. The fraction of sp³-hybridized carbons (Fsp3) is 0.286. The molecular weight excluding hydrogens is 372 g/mol. The standard InChI is InChI=1S/C21H26N4O2S/c1-3-19(27)25-12(2)8-13(11-20(25)28)17-10-14(21(23)24-17)9-16(22)15-6-4-5-7-18(15)26/h3-7,9-10,12-13,20,24,26,28H,1,8,11,22-23H2,2H3/b16-9-/t12?,13-,20?/m1/s1. The molecule has 28 heavy (non-hydrogen) atoms. The van der Waals surface area contributed by atoms with Gasteiger partial charge >= 0.3 is 0 Å². The zero-order valence-electron chi connectivity index (χ0n) is 15.8. The van der Waals surface area contributed by atoms with E-state index in [1.165, 1.54) is 6.08 Å². The number of nitrogens with two attached hydrogens (primary N) is 2. The van der Waals surface area contributed by atoms with Crippen molar-refractivity contribution in [3.8, 4) is 5.75 Å². The number of hydrogen-bond donors (Lipinski definition) is 5. The second kappa shape index (κ2) is 8.06. The highest BCUT2D eigenvalue weighted by Gasteiger charge is 2.34. The highest BCUT2D eigenvalue weighted by atomic mass is 32.1. The maximum atomic E-state index is 12.1. The van der Waals surface area contributed by atoms with Crippen molar-refractivity contribution in [1.29, 1.82) is 0 Å². The molecule has 0 spiro atoms. The van der Waals surface area contributed by atoms with Gasteiger partial charge in [0.1, 0.15) is 11.6 Å². The first-order chi connectivity index (χ1) is 13.3. The number of hydrogen-bond acceptors (Lipinski definition) is 5. The Balaban J connectivity index is 1.83. The number of benzene rings is 1. The Kier molecular flexibility index (Phi) is 5.74. The lowest BCUT2D eigenvalue weighted by atomic mass is 9.88. The van der Waals surface area contributed by atoms with Crippen LogP contribution in [0.1, 0.15) is 42.5 Å². The molecule has 1 aliphatic rings. The summed E-state index contributed by atoms with van der Waals surface area (Å²) in [6.45, 7) is 5.59. The number of rotatable bonds is 4. The molecule has 6 N–H and O–H groups in total. The van der Waals surface area contributed by atoms with Gasteiger partial charge in [0.25, 0.3) is 0 Å². The van der Waals surface area contributed by atoms with Crippen molar-refractivity contribution >= 4 is 36.1 Å². The van der Waals surface area contributed by atoms with Crippen molar-refractivity contribution in [3.63, 3.8) is 0 Å². The lowest BCUT2D eigenvalue weighted by molar-refractivity contribution is -0.130. The van der Waals surface area contributed by atoms with Gasteiger partial charge < -0.3 is 26.5 Å². The van der Waals surface area contributed by atoms with E-state index >= 15 is 0 Å². The van der Waals surface area contributed by atoms with Crippen molar-refractivity contribution < 1.29 is 9.90 Å². The molecule has 1 aromatic heterocycles. The van der Waals surface area contributed by atoms with Crippen molar-refractivity contribution in [3.05, 3.63) is 59.8 Å². The summed E-state index contributed by atoms with van der Waals surface area (Å²) in [7, 11) is 0. The zero-order valence-corrected chi connectivity index (χ0v) is 16.7. The van der Waals surface area contributed by atoms with Gasteiger partial charge in [-0.05, 0) is 50.1 Å². The van der Waals surface area contributed by atoms with Gasteiger partial charge in [-0.15, -0.1) is 0 Å². The first-order valence-corrected chi connectivity index (χ1v) is 9.70. The van der Waals surface area contributed by atoms with E-state index in [9.17, 15) is 9.90 Å². The summed E-state index contributed by atoms with van der Waals surface area (Å²) in [4.78, 5) is 17.1. The topological polar surface area (TPSA) is 108 Å². The third kappa shape index (κ3) is 3.89. The molecule has 1 saturated heterocycles. The van der Waals surface area contributed by atoms with E-state index in [4.69, 9.17) is 11.5 Å². The summed E-state index contributed by atoms with van der Waals surface area (Å²) >= 11 is 4.62. The fourth-order valence-electron chi connectivity index (χ4n) is 3.82. The third-order valence-corrected chi connectivity index (χ3v) is 5.67. The van der Waals surface area contributed by atoms with E-state index < -0.39 is 0 Å². The predicted octanol–water partition coefficient (Wildman–Crippen LogP) is 3.30. The van der Waals surface area contributed by atoms with E-state index in [0.717, 1.165) is 17.7 Å². The van der Waals surface area contributed by atoms with Crippen LogP contribution in [0.15, 0.2) is 43.0 Å². The van der Waals surface area contributed by atoms with Crippen molar-refractivity contribution in [2.24, 2.45) is 5.73 Å². The van der Waals surface area contributed by atoms with E-state index in [-0.39, 0.29) is 29.0 Å². The average molecular weight is 399 g/mol. The first-order valence-electron chi connectivity index (χ1n) is 9.18. The van der Waals surface area contributed by atoms with Gasteiger partial charge in [0.05, 0.1) is 5.37 Å². The molecule has 6 nitrogen and oxygen atoms in total. The number of likely N-dealkylation sites (tertiary alicyclic amines) is 1. The van der Waals surface area contributed by atoms with Gasteiger partial charge in [-0.1, -0.05) is 18.7 Å². The molecule has 1 aliphatic heterocycles. The Labute approximate surface area is 170 Å². The van der Waals surface area contributed by atoms with Crippen LogP contribution in [0.4, 0.5) is 5.82 Å². The van der Waals surface area contributed by atoms with Crippen LogP contribution >= 0.6 is 12.6 Å². The highest BCUT2D eigenvalue weighted by Crippen LogP contribution is 2.37. The minimum absolute atomic E-state index is 0.0431. The minimum atomic E-state index is -0.186. The maximum Gasteiger partial charge on any atom is 0.247 e. The number of nitrogens with zero attached hydrogens (tertiary/aromatic N) is 1. The smallest absolute Gasteiger partial charge is 0.247 e. The van der Waals surface area contributed by atoms with Gasteiger partial charge in [-0.3, -0.25) is 4.79 Å². The van der Waals surface area contributed by atoms with Gasteiger partial charge in [0.15, 0.2) is 0 Å². The lowest BCUT2D eigenvalue weighted by Crippen LogP contribution is -2.47. The van der Waals surface area contributed by atoms with Crippen LogP contribution in [-0.2, 0) is 4.79 Å². The molecule has 2 aromatic rings. The van der Waals surface area contributed by atoms with Gasteiger partial charge in [-0.25, -0.2) is 0 Å². The number of aromatic nitrogens is 1. The monoisotopic (exact) mass is 398 g/mol. The summed E-state index contributed by atoms with van der Waals surface area (Å²) < 4.78 is 0. The van der Waals surface area contributed by atoms with Gasteiger partial charge in [0, 0.05) is 34.5 Å². The molecule has 2 heterocycles. The Morgan fingerprint density at radius 1 is 1.39 bits per heavy atom. The number of phenolic OH excluding ortho intramolecular Hbond substituents is 1. The van der Waals surface area contributed by atoms with E-state index in [0.29, 0.717) is 23.5 Å². The molecule has 1 amide bonds. The first kappa shape index (κ1) is 19.9. The molecule has 0 aliphatic carbocycles. The van der Waals surface area contributed by atoms with Crippen LogP contribution in [0.5, 0.6) is 5.75 Å². The number of piperidine rings is 1. The molecule has 1 aromatic carbocycles. The number of phenols is 1. The lowest BCUT2D eigenvalue weighted by Gasteiger charge is -2.41. The van der Waals surface area contributed by atoms with E-state index in [1.807, 2.05) is 19.1 Å². The number of thiol groups is 1. The summed E-state index contributed by atoms with van der Waals surface area (Å²) in [6, 6.07) is 8.92. The number of carbonyl (C=O) groups excluding carboxylic acids is 1. The summed E-state index contributed by atoms with van der Waals surface area (Å²) in [5, 5.41) is 9.79. The third-order valence-electron chi connectivity index (χ3n) is 5.21. The van der Waals surface area contributed by atoms with Gasteiger partial charge in [0.2, 0.25) is 5.91 Å². The van der Waals surface area contributed by atoms with Crippen LogP contribution in [0, 0.1) is 0 Å². The van der Waals surface area contributed by atoms with Gasteiger partial charge in [-0.2, -0.15) is 12.6 Å². The Morgan fingerprint density at radius 2 is 2.11 bits per heavy atom. The van der Waals surface area contributed by atoms with Crippen molar-refractivity contribution in [1.82, 2.24) is 9.88 Å². The maximum absolute atomic E-state index is 12.1. The van der Waals surface area contributed by atoms with Crippen LogP contribution < -0.4 is 11.5 Å². The number of H-pyrrole nitrogens is 1. The number of nitrogen functional groups attached to an aromatic ring is 1.